The van der Waals surface area contributed by atoms with E-state index < -0.39 is 0 Å². The van der Waals surface area contributed by atoms with Gasteiger partial charge in [0.15, 0.2) is 0 Å². The van der Waals surface area contributed by atoms with Gasteiger partial charge in [-0.3, -0.25) is 4.79 Å². The third kappa shape index (κ3) is 3.74. The van der Waals surface area contributed by atoms with Crippen LogP contribution in [0.25, 0.3) is 11.0 Å². The van der Waals surface area contributed by atoms with Gasteiger partial charge in [-0.1, -0.05) is 30.3 Å². The fraction of sp³-hybridized carbons (Fsp3) is 0.222. The summed E-state index contributed by atoms with van der Waals surface area (Å²) >= 11 is 1.55. The summed E-state index contributed by atoms with van der Waals surface area (Å²) in [6.07, 6.45) is 0. The zero-order valence-electron chi connectivity index (χ0n) is 13.2. The zero-order chi connectivity index (χ0) is 16.2. The highest BCUT2D eigenvalue weighted by Gasteiger charge is 2.13. The molecule has 0 radical (unpaired) electrons. The standard InChI is InChI=1S/C18H19N3OS/c1-12-7-3-6-10-16(12)23-11-17(22)19-13(2)18-20-14-8-4-5-9-15(14)21-18/h3-10,13H,11H2,1-2H3,(H,19,22)(H,20,21). The van der Waals surface area contributed by atoms with Crippen LogP contribution < -0.4 is 5.32 Å². The Hall–Kier alpha value is -2.27. The second-order valence-electron chi connectivity index (χ2n) is 5.48. The quantitative estimate of drug-likeness (QED) is 0.701. The molecule has 0 fully saturated rings. The van der Waals surface area contributed by atoms with E-state index in [9.17, 15) is 4.79 Å². The minimum Gasteiger partial charge on any atom is -0.346 e. The molecule has 0 spiro atoms. The van der Waals surface area contributed by atoms with Crippen molar-refractivity contribution in [2.45, 2.75) is 24.8 Å². The number of rotatable bonds is 5. The van der Waals surface area contributed by atoms with Gasteiger partial charge in [0.05, 0.1) is 22.8 Å². The lowest BCUT2D eigenvalue weighted by Crippen LogP contribution is -2.28. The molecule has 1 atom stereocenters. The highest BCUT2D eigenvalue weighted by atomic mass is 32.2. The molecule has 0 aliphatic heterocycles. The van der Waals surface area contributed by atoms with E-state index in [2.05, 4.69) is 28.3 Å². The summed E-state index contributed by atoms with van der Waals surface area (Å²) in [4.78, 5) is 21.1. The van der Waals surface area contributed by atoms with Crippen molar-refractivity contribution in [3.63, 3.8) is 0 Å². The van der Waals surface area contributed by atoms with E-state index in [-0.39, 0.29) is 11.9 Å². The Balaban J connectivity index is 1.60. The number of benzene rings is 2. The SMILES string of the molecule is Cc1ccccc1SCC(=O)NC(C)c1nc2ccccc2[nH]1. The Morgan fingerprint density at radius 1 is 1.22 bits per heavy atom. The van der Waals surface area contributed by atoms with Gasteiger partial charge < -0.3 is 10.3 Å². The summed E-state index contributed by atoms with van der Waals surface area (Å²) in [6.45, 7) is 3.99. The van der Waals surface area contributed by atoms with Gasteiger partial charge in [-0.2, -0.15) is 0 Å². The maximum Gasteiger partial charge on any atom is 0.230 e. The Morgan fingerprint density at radius 3 is 2.74 bits per heavy atom. The number of aromatic amines is 1. The van der Waals surface area contributed by atoms with Crippen molar-refractivity contribution < 1.29 is 4.79 Å². The lowest BCUT2D eigenvalue weighted by molar-refractivity contribution is -0.119. The number of fused-ring (bicyclic) bond motifs is 1. The predicted octanol–water partition coefficient (Wildman–Crippen LogP) is 3.84. The fourth-order valence-corrected chi connectivity index (χ4v) is 3.23. The molecule has 3 rings (SSSR count). The molecule has 2 aromatic carbocycles. The normalized spacial score (nSPS) is 12.3. The minimum atomic E-state index is -0.146. The first-order valence-corrected chi connectivity index (χ1v) is 8.54. The van der Waals surface area contributed by atoms with Crippen LogP contribution in [0, 0.1) is 6.92 Å². The van der Waals surface area contributed by atoms with Gasteiger partial charge in [-0.25, -0.2) is 4.98 Å². The van der Waals surface area contributed by atoms with Gasteiger partial charge in [0.1, 0.15) is 5.82 Å². The predicted molar refractivity (Wildman–Crippen MR) is 94.6 cm³/mol. The number of aromatic nitrogens is 2. The van der Waals surface area contributed by atoms with Crippen LogP contribution in [0.2, 0.25) is 0 Å². The van der Waals surface area contributed by atoms with Crippen LogP contribution in [-0.2, 0) is 4.79 Å². The Morgan fingerprint density at radius 2 is 1.96 bits per heavy atom. The van der Waals surface area contributed by atoms with Crippen LogP contribution >= 0.6 is 11.8 Å². The monoisotopic (exact) mass is 325 g/mol. The summed E-state index contributed by atoms with van der Waals surface area (Å²) in [5.41, 5.74) is 3.09. The molecule has 2 N–H and O–H groups in total. The number of amides is 1. The van der Waals surface area contributed by atoms with Crippen molar-refractivity contribution in [1.29, 1.82) is 0 Å². The van der Waals surface area contributed by atoms with Crippen molar-refractivity contribution >= 4 is 28.7 Å². The summed E-state index contributed by atoms with van der Waals surface area (Å²) in [5, 5.41) is 2.99. The molecule has 1 aromatic heterocycles. The number of imidazole rings is 1. The summed E-state index contributed by atoms with van der Waals surface area (Å²) in [6, 6.07) is 15.8. The Labute approximate surface area is 139 Å². The number of thioether (sulfide) groups is 1. The Bertz CT molecular complexity index is 795. The lowest BCUT2D eigenvalue weighted by atomic mass is 10.2. The molecule has 23 heavy (non-hydrogen) atoms. The van der Waals surface area contributed by atoms with Crippen LogP contribution in [0.15, 0.2) is 53.4 Å². The second kappa shape index (κ2) is 6.87. The highest BCUT2D eigenvalue weighted by Crippen LogP contribution is 2.22. The molecule has 1 heterocycles. The largest absolute Gasteiger partial charge is 0.346 e. The topological polar surface area (TPSA) is 57.8 Å². The van der Waals surface area contributed by atoms with Gasteiger partial charge in [0.25, 0.3) is 0 Å². The maximum atomic E-state index is 12.2. The summed E-state index contributed by atoms with van der Waals surface area (Å²) in [5.74, 6) is 1.18. The summed E-state index contributed by atoms with van der Waals surface area (Å²) < 4.78 is 0. The van der Waals surface area contributed by atoms with E-state index in [1.54, 1.807) is 11.8 Å². The fourth-order valence-electron chi connectivity index (χ4n) is 2.39. The van der Waals surface area contributed by atoms with Crippen molar-refractivity contribution in [3.05, 3.63) is 59.9 Å². The Kier molecular flexibility index (Phi) is 4.67. The third-order valence-corrected chi connectivity index (χ3v) is 4.82. The number of hydrogen-bond donors (Lipinski definition) is 2. The molecule has 1 unspecified atom stereocenters. The highest BCUT2D eigenvalue weighted by molar-refractivity contribution is 8.00. The van der Waals surface area contributed by atoms with Crippen LogP contribution in [0.4, 0.5) is 0 Å². The van der Waals surface area contributed by atoms with E-state index in [4.69, 9.17) is 0 Å². The zero-order valence-corrected chi connectivity index (χ0v) is 14.0. The number of H-pyrrole nitrogens is 1. The van der Waals surface area contributed by atoms with Crippen molar-refractivity contribution in [3.8, 4) is 0 Å². The average Bonchev–Trinajstić information content (AvgIpc) is 2.98. The molecule has 1 amide bonds. The number of aryl methyl sites for hydroxylation is 1. The van der Waals surface area contributed by atoms with E-state index >= 15 is 0 Å². The van der Waals surface area contributed by atoms with E-state index in [1.165, 1.54) is 5.56 Å². The molecule has 0 saturated heterocycles. The van der Waals surface area contributed by atoms with Crippen molar-refractivity contribution in [2.75, 3.05) is 5.75 Å². The lowest BCUT2D eigenvalue weighted by Gasteiger charge is -2.11. The van der Waals surface area contributed by atoms with Crippen molar-refractivity contribution in [1.82, 2.24) is 15.3 Å². The van der Waals surface area contributed by atoms with Gasteiger partial charge >= 0.3 is 0 Å². The molecule has 0 saturated carbocycles. The molecule has 118 valence electrons. The molecule has 3 aromatic rings. The number of hydrogen-bond acceptors (Lipinski definition) is 3. The van der Waals surface area contributed by atoms with Crippen LogP contribution in [0.3, 0.4) is 0 Å². The van der Waals surface area contributed by atoms with Gasteiger partial charge in [-0.05, 0) is 37.6 Å². The smallest absolute Gasteiger partial charge is 0.230 e. The van der Waals surface area contributed by atoms with E-state index in [1.807, 2.05) is 49.4 Å². The molecule has 0 bridgehead atoms. The first kappa shape index (κ1) is 15.6. The number of nitrogens with one attached hydrogen (secondary N) is 2. The average molecular weight is 325 g/mol. The van der Waals surface area contributed by atoms with Gasteiger partial charge in [0.2, 0.25) is 5.91 Å². The number of carbonyl (C=O) groups is 1. The first-order valence-electron chi connectivity index (χ1n) is 7.56. The number of para-hydroxylation sites is 2. The number of nitrogens with zero attached hydrogens (tertiary/aromatic N) is 1. The molecular formula is C18H19N3OS. The van der Waals surface area contributed by atoms with Gasteiger partial charge in [0, 0.05) is 4.90 Å². The second-order valence-corrected chi connectivity index (χ2v) is 6.50. The summed E-state index contributed by atoms with van der Waals surface area (Å²) in [7, 11) is 0. The molecule has 0 aliphatic rings. The van der Waals surface area contributed by atoms with Crippen LogP contribution in [0.5, 0.6) is 0 Å². The van der Waals surface area contributed by atoms with E-state index in [0.717, 1.165) is 21.8 Å². The maximum absolute atomic E-state index is 12.2. The molecule has 0 aliphatic carbocycles. The van der Waals surface area contributed by atoms with Crippen LogP contribution in [0.1, 0.15) is 24.4 Å². The van der Waals surface area contributed by atoms with E-state index in [0.29, 0.717) is 5.75 Å². The van der Waals surface area contributed by atoms with Crippen molar-refractivity contribution in [2.24, 2.45) is 0 Å². The molecular weight excluding hydrogens is 306 g/mol. The van der Waals surface area contributed by atoms with Gasteiger partial charge in [-0.15, -0.1) is 11.8 Å². The van der Waals surface area contributed by atoms with Crippen LogP contribution in [-0.4, -0.2) is 21.6 Å². The first-order chi connectivity index (χ1) is 11.1. The molecule has 4 nitrogen and oxygen atoms in total. The molecule has 5 heteroatoms. The third-order valence-electron chi connectivity index (χ3n) is 3.65. The minimum absolute atomic E-state index is 0.00575. The number of carbonyl (C=O) groups excluding carboxylic acids is 1.